The van der Waals surface area contributed by atoms with Crippen LogP contribution in [0.4, 0.5) is 5.69 Å². The highest BCUT2D eigenvalue weighted by atomic mass is 32.2. The number of phenols is 1. The normalized spacial score (nSPS) is 14.6. The molecule has 0 radical (unpaired) electrons. The molecule has 0 unspecified atom stereocenters. The summed E-state index contributed by atoms with van der Waals surface area (Å²) in [6, 6.07) is 15.8. The average Bonchev–Trinajstić information content (AvgIpc) is 2.62. The topological polar surface area (TPSA) is 43.8 Å². The molecule has 4 nitrogen and oxygen atoms in total. The molecule has 1 saturated heterocycles. The Hall–Kier alpha value is -2.14. The molecule has 132 valence electrons. The lowest BCUT2D eigenvalue weighted by atomic mass is 10.2. The number of hydrogen-bond acceptors (Lipinski definition) is 4. The van der Waals surface area contributed by atoms with E-state index < -0.39 is 0 Å². The van der Waals surface area contributed by atoms with Crippen molar-refractivity contribution in [3.63, 3.8) is 0 Å². The van der Waals surface area contributed by atoms with Crippen LogP contribution >= 0.6 is 11.8 Å². The molecule has 0 spiro atoms. The highest BCUT2D eigenvalue weighted by molar-refractivity contribution is 7.99. The Kier molecular flexibility index (Phi) is 5.87. The molecule has 0 atom stereocenters. The second-order valence-electron chi connectivity index (χ2n) is 6.34. The largest absolute Gasteiger partial charge is 0.506 e. The Balaban J connectivity index is 1.45. The Bertz CT molecular complexity index is 727. The van der Waals surface area contributed by atoms with E-state index in [1.165, 1.54) is 11.1 Å². The molecule has 1 aliphatic rings. The summed E-state index contributed by atoms with van der Waals surface area (Å²) in [5.41, 5.74) is 3.37. The number of piperazine rings is 1. The van der Waals surface area contributed by atoms with Crippen molar-refractivity contribution in [1.82, 2.24) is 4.90 Å². The number of carbonyl (C=O) groups is 1. The number of anilines is 1. The number of aromatic hydroxyl groups is 1. The monoisotopic (exact) mass is 356 g/mol. The van der Waals surface area contributed by atoms with Gasteiger partial charge in [0.25, 0.3) is 0 Å². The molecule has 0 saturated carbocycles. The van der Waals surface area contributed by atoms with Crippen LogP contribution in [0.5, 0.6) is 5.75 Å². The van der Waals surface area contributed by atoms with Crippen LogP contribution in [0.3, 0.4) is 0 Å². The zero-order valence-electron chi connectivity index (χ0n) is 14.5. The summed E-state index contributed by atoms with van der Waals surface area (Å²) in [6.45, 7) is 5.01. The molecule has 0 bridgehead atoms. The summed E-state index contributed by atoms with van der Waals surface area (Å²) in [5, 5.41) is 9.96. The van der Waals surface area contributed by atoms with Gasteiger partial charge in [0, 0.05) is 31.9 Å². The number of amides is 1. The van der Waals surface area contributed by atoms with Crippen LogP contribution in [-0.4, -0.2) is 47.8 Å². The second-order valence-corrected chi connectivity index (χ2v) is 7.32. The van der Waals surface area contributed by atoms with Crippen molar-refractivity contribution >= 4 is 23.4 Å². The van der Waals surface area contributed by atoms with E-state index in [0.717, 1.165) is 24.5 Å². The van der Waals surface area contributed by atoms with Crippen LogP contribution in [0.2, 0.25) is 0 Å². The van der Waals surface area contributed by atoms with Gasteiger partial charge in [-0.2, -0.15) is 0 Å². The Morgan fingerprint density at radius 2 is 1.84 bits per heavy atom. The van der Waals surface area contributed by atoms with Gasteiger partial charge in [0.15, 0.2) is 0 Å². The summed E-state index contributed by atoms with van der Waals surface area (Å²) < 4.78 is 0. The van der Waals surface area contributed by atoms with Gasteiger partial charge in [0.05, 0.1) is 11.4 Å². The quantitative estimate of drug-likeness (QED) is 0.893. The lowest BCUT2D eigenvalue weighted by Gasteiger charge is -2.36. The van der Waals surface area contributed by atoms with Gasteiger partial charge >= 0.3 is 0 Å². The maximum absolute atomic E-state index is 12.4. The molecule has 0 aliphatic carbocycles. The van der Waals surface area contributed by atoms with Crippen molar-refractivity contribution in [2.75, 3.05) is 36.8 Å². The molecule has 1 aliphatic heterocycles. The number of nitrogens with zero attached hydrogens (tertiary/aromatic N) is 2. The van der Waals surface area contributed by atoms with Crippen molar-refractivity contribution < 1.29 is 9.90 Å². The van der Waals surface area contributed by atoms with Crippen molar-refractivity contribution in [2.24, 2.45) is 0 Å². The fraction of sp³-hybridized carbons (Fsp3) is 0.350. The molecule has 3 rings (SSSR count). The van der Waals surface area contributed by atoms with Crippen LogP contribution in [-0.2, 0) is 10.5 Å². The highest BCUT2D eigenvalue weighted by Gasteiger charge is 2.22. The van der Waals surface area contributed by atoms with Crippen LogP contribution in [0, 0.1) is 6.92 Å². The number of rotatable bonds is 5. The first-order valence-corrected chi connectivity index (χ1v) is 9.73. The van der Waals surface area contributed by atoms with Crippen molar-refractivity contribution in [1.29, 1.82) is 0 Å². The number of aryl methyl sites for hydroxylation is 1. The third-order valence-electron chi connectivity index (χ3n) is 4.43. The maximum atomic E-state index is 12.4. The molecule has 25 heavy (non-hydrogen) atoms. The van der Waals surface area contributed by atoms with Crippen molar-refractivity contribution in [3.8, 4) is 5.75 Å². The van der Waals surface area contributed by atoms with Gasteiger partial charge in [0.1, 0.15) is 5.75 Å². The van der Waals surface area contributed by atoms with Crippen molar-refractivity contribution in [3.05, 3.63) is 59.7 Å². The molecule has 1 amide bonds. The van der Waals surface area contributed by atoms with Gasteiger partial charge in [-0.05, 0) is 24.6 Å². The van der Waals surface area contributed by atoms with Gasteiger partial charge < -0.3 is 14.9 Å². The smallest absolute Gasteiger partial charge is 0.232 e. The van der Waals surface area contributed by atoms with E-state index in [0.29, 0.717) is 24.6 Å². The zero-order valence-corrected chi connectivity index (χ0v) is 15.3. The second kappa shape index (κ2) is 8.30. The number of thioether (sulfide) groups is 1. The van der Waals surface area contributed by atoms with Crippen LogP contribution < -0.4 is 4.90 Å². The predicted octanol–water partition coefficient (Wildman–Crippen LogP) is 3.28. The number of benzene rings is 2. The van der Waals surface area contributed by atoms with Gasteiger partial charge in [-0.25, -0.2) is 0 Å². The summed E-state index contributed by atoms with van der Waals surface area (Å²) in [6.07, 6.45) is 0. The molecular formula is C20H24N2O2S. The lowest BCUT2D eigenvalue weighted by molar-refractivity contribution is -0.128. The lowest BCUT2D eigenvalue weighted by Crippen LogP contribution is -2.49. The Morgan fingerprint density at radius 1 is 1.08 bits per heavy atom. The van der Waals surface area contributed by atoms with Gasteiger partial charge in [-0.1, -0.05) is 42.0 Å². The first-order chi connectivity index (χ1) is 12.1. The van der Waals surface area contributed by atoms with Crippen molar-refractivity contribution in [2.45, 2.75) is 12.7 Å². The maximum Gasteiger partial charge on any atom is 0.232 e. The SMILES string of the molecule is Cc1cccc(CSCC(=O)N2CCN(c3ccccc3O)CC2)c1. The molecule has 0 aromatic heterocycles. The van der Waals surface area contributed by atoms with E-state index in [9.17, 15) is 9.90 Å². The summed E-state index contributed by atoms with van der Waals surface area (Å²) in [4.78, 5) is 16.5. The van der Waals surface area contributed by atoms with Crippen LogP contribution in [0.15, 0.2) is 48.5 Å². The molecule has 1 fully saturated rings. The average molecular weight is 356 g/mol. The Labute approximate surface area is 153 Å². The fourth-order valence-corrected chi connectivity index (χ4v) is 3.95. The number of hydrogen-bond donors (Lipinski definition) is 1. The van der Waals surface area contributed by atoms with E-state index in [2.05, 4.69) is 36.1 Å². The van der Waals surface area contributed by atoms with Crippen LogP contribution in [0.25, 0.3) is 0 Å². The summed E-state index contributed by atoms with van der Waals surface area (Å²) in [7, 11) is 0. The first-order valence-electron chi connectivity index (χ1n) is 8.57. The first kappa shape index (κ1) is 17.7. The van der Waals surface area contributed by atoms with E-state index in [-0.39, 0.29) is 5.91 Å². The third-order valence-corrected chi connectivity index (χ3v) is 5.42. The van der Waals surface area contributed by atoms with E-state index in [1.807, 2.05) is 23.1 Å². The molecule has 1 heterocycles. The fourth-order valence-electron chi connectivity index (χ4n) is 3.08. The predicted molar refractivity (Wildman–Crippen MR) is 104 cm³/mol. The summed E-state index contributed by atoms with van der Waals surface area (Å²) >= 11 is 1.67. The van der Waals surface area contributed by atoms with E-state index >= 15 is 0 Å². The Morgan fingerprint density at radius 3 is 2.56 bits per heavy atom. The standard InChI is InChI=1S/C20H24N2O2S/c1-16-5-4-6-17(13-16)14-25-15-20(24)22-11-9-21(10-12-22)18-7-2-3-8-19(18)23/h2-8,13,23H,9-12,14-15H2,1H3. The van der Waals surface area contributed by atoms with E-state index in [1.54, 1.807) is 17.8 Å². The van der Waals surface area contributed by atoms with Gasteiger partial charge in [-0.15, -0.1) is 11.8 Å². The highest BCUT2D eigenvalue weighted by Crippen LogP contribution is 2.27. The minimum atomic E-state index is 0.203. The zero-order chi connectivity index (χ0) is 17.6. The minimum Gasteiger partial charge on any atom is -0.506 e. The number of phenolic OH excluding ortho intramolecular Hbond substituents is 1. The molecule has 2 aromatic rings. The molecule has 2 aromatic carbocycles. The van der Waals surface area contributed by atoms with Gasteiger partial charge in [-0.3, -0.25) is 4.79 Å². The molecular weight excluding hydrogens is 332 g/mol. The van der Waals surface area contributed by atoms with Gasteiger partial charge in [0.2, 0.25) is 5.91 Å². The number of para-hydroxylation sites is 2. The number of carbonyl (C=O) groups excluding carboxylic acids is 1. The van der Waals surface area contributed by atoms with E-state index in [4.69, 9.17) is 0 Å². The molecule has 1 N–H and O–H groups in total. The summed E-state index contributed by atoms with van der Waals surface area (Å²) in [5.74, 6) is 1.89. The van der Waals surface area contributed by atoms with Crippen LogP contribution in [0.1, 0.15) is 11.1 Å². The third kappa shape index (κ3) is 4.69. The molecule has 5 heteroatoms. The minimum absolute atomic E-state index is 0.203.